The van der Waals surface area contributed by atoms with E-state index in [4.69, 9.17) is 12.2 Å². The molecule has 0 aromatic carbocycles. The van der Waals surface area contributed by atoms with E-state index in [-0.39, 0.29) is 0 Å². The van der Waals surface area contributed by atoms with Gasteiger partial charge in [-0.3, -0.25) is 9.78 Å². The SMILES string of the molecule is Cc1nn(C)c(C)c1C=Nn1c(CCC2CCCCC2)n[nH]c1=S. The minimum absolute atomic E-state index is 0.545. The van der Waals surface area contributed by atoms with E-state index >= 15 is 0 Å². The smallest absolute Gasteiger partial charge is 0.216 e. The number of nitrogens with one attached hydrogen (secondary N) is 1. The molecule has 130 valence electrons. The predicted octanol–water partition coefficient (Wildman–Crippen LogP) is 3.69. The molecule has 0 spiro atoms. The van der Waals surface area contributed by atoms with Crippen LogP contribution >= 0.6 is 12.2 Å². The lowest BCUT2D eigenvalue weighted by atomic mass is 9.86. The molecule has 0 radical (unpaired) electrons. The Morgan fingerprint density at radius 2 is 2.04 bits per heavy atom. The van der Waals surface area contributed by atoms with Crippen LogP contribution in [0.25, 0.3) is 0 Å². The maximum atomic E-state index is 5.34. The first kappa shape index (κ1) is 17.1. The Morgan fingerprint density at radius 1 is 1.29 bits per heavy atom. The lowest BCUT2D eigenvalue weighted by Gasteiger charge is -2.20. The third-order valence-electron chi connectivity index (χ3n) is 5.09. The van der Waals surface area contributed by atoms with E-state index in [2.05, 4.69) is 20.4 Å². The number of nitrogens with zero attached hydrogens (tertiary/aromatic N) is 5. The van der Waals surface area contributed by atoms with Crippen molar-refractivity contribution in [2.75, 3.05) is 0 Å². The molecule has 0 bridgehead atoms. The third kappa shape index (κ3) is 3.66. The fourth-order valence-electron chi connectivity index (χ4n) is 3.51. The van der Waals surface area contributed by atoms with Crippen LogP contribution in [0.3, 0.4) is 0 Å². The highest BCUT2D eigenvalue weighted by molar-refractivity contribution is 7.71. The average Bonchev–Trinajstić information content (AvgIpc) is 3.05. The molecule has 1 saturated carbocycles. The Morgan fingerprint density at radius 3 is 2.71 bits per heavy atom. The monoisotopic (exact) mass is 346 g/mol. The van der Waals surface area contributed by atoms with E-state index in [1.165, 1.54) is 38.5 Å². The molecule has 0 aliphatic heterocycles. The summed E-state index contributed by atoms with van der Waals surface area (Å²) in [6, 6.07) is 0. The number of hydrogen-bond donors (Lipinski definition) is 1. The van der Waals surface area contributed by atoms with Crippen LogP contribution in [-0.2, 0) is 13.5 Å². The van der Waals surface area contributed by atoms with Gasteiger partial charge in [-0.15, -0.1) is 0 Å². The summed E-state index contributed by atoms with van der Waals surface area (Å²) in [7, 11) is 1.94. The van der Waals surface area contributed by atoms with Gasteiger partial charge in [-0.1, -0.05) is 32.1 Å². The maximum Gasteiger partial charge on any atom is 0.216 e. The summed E-state index contributed by atoms with van der Waals surface area (Å²) >= 11 is 5.34. The van der Waals surface area contributed by atoms with Gasteiger partial charge in [0, 0.05) is 24.7 Å². The average molecular weight is 347 g/mol. The second-order valence-electron chi connectivity index (χ2n) is 6.75. The second kappa shape index (κ2) is 7.42. The molecule has 0 atom stereocenters. The molecule has 1 aliphatic carbocycles. The molecular formula is C17H26N6S. The first-order valence-corrected chi connectivity index (χ1v) is 9.18. The minimum atomic E-state index is 0.545. The number of H-pyrrole nitrogens is 1. The van der Waals surface area contributed by atoms with Crippen molar-refractivity contribution in [2.45, 2.75) is 58.8 Å². The summed E-state index contributed by atoms with van der Waals surface area (Å²) in [5, 5.41) is 16.2. The zero-order chi connectivity index (χ0) is 17.1. The third-order valence-corrected chi connectivity index (χ3v) is 5.35. The van der Waals surface area contributed by atoms with Crippen LogP contribution in [0.15, 0.2) is 5.10 Å². The van der Waals surface area contributed by atoms with Crippen LogP contribution in [0.2, 0.25) is 0 Å². The van der Waals surface area contributed by atoms with Crippen LogP contribution in [-0.4, -0.2) is 30.9 Å². The number of rotatable bonds is 5. The Kier molecular flexibility index (Phi) is 5.28. The number of aryl methyl sites for hydroxylation is 3. The van der Waals surface area contributed by atoms with Crippen molar-refractivity contribution < 1.29 is 0 Å². The molecule has 2 heterocycles. The fourth-order valence-corrected chi connectivity index (χ4v) is 3.70. The Balaban J connectivity index is 1.74. The molecule has 0 amide bonds. The van der Waals surface area contributed by atoms with Crippen LogP contribution in [0.5, 0.6) is 0 Å². The molecule has 1 N–H and O–H groups in total. The summed E-state index contributed by atoms with van der Waals surface area (Å²) in [6.45, 7) is 4.03. The van der Waals surface area contributed by atoms with Gasteiger partial charge >= 0.3 is 0 Å². The van der Waals surface area contributed by atoms with Gasteiger partial charge in [0.2, 0.25) is 4.77 Å². The molecule has 0 saturated heterocycles. The minimum Gasteiger partial charge on any atom is -0.272 e. The fraction of sp³-hybridized carbons (Fsp3) is 0.647. The lowest BCUT2D eigenvalue weighted by molar-refractivity contribution is 0.336. The van der Waals surface area contributed by atoms with E-state index in [0.29, 0.717) is 4.77 Å². The van der Waals surface area contributed by atoms with Gasteiger partial charge in [-0.2, -0.15) is 20.0 Å². The first-order valence-electron chi connectivity index (χ1n) is 8.77. The molecule has 6 nitrogen and oxygen atoms in total. The van der Waals surface area contributed by atoms with Crippen molar-refractivity contribution in [2.24, 2.45) is 18.1 Å². The molecular weight excluding hydrogens is 320 g/mol. The van der Waals surface area contributed by atoms with E-state index in [1.807, 2.05) is 31.8 Å². The van der Waals surface area contributed by atoms with E-state index in [9.17, 15) is 0 Å². The Labute approximate surface area is 148 Å². The maximum absolute atomic E-state index is 5.34. The quantitative estimate of drug-likeness (QED) is 0.663. The van der Waals surface area contributed by atoms with Crippen LogP contribution in [0, 0.1) is 24.5 Å². The zero-order valence-electron chi connectivity index (χ0n) is 14.7. The van der Waals surface area contributed by atoms with Crippen LogP contribution in [0.1, 0.15) is 61.3 Å². The highest BCUT2D eigenvalue weighted by Crippen LogP contribution is 2.27. The molecule has 1 fully saturated rings. The molecule has 7 heteroatoms. The number of hydrogen-bond acceptors (Lipinski definition) is 4. The van der Waals surface area contributed by atoms with Crippen LogP contribution in [0.4, 0.5) is 0 Å². The van der Waals surface area contributed by atoms with Crippen molar-refractivity contribution in [3.05, 3.63) is 27.5 Å². The zero-order valence-corrected chi connectivity index (χ0v) is 15.6. The van der Waals surface area contributed by atoms with Crippen molar-refractivity contribution >= 4 is 18.4 Å². The van der Waals surface area contributed by atoms with Crippen LogP contribution < -0.4 is 0 Å². The summed E-state index contributed by atoms with van der Waals surface area (Å²) in [6.07, 6.45) is 10.8. The van der Waals surface area contributed by atoms with Crippen molar-refractivity contribution in [1.82, 2.24) is 24.7 Å². The number of aromatic amines is 1. The molecule has 1 aliphatic rings. The van der Waals surface area contributed by atoms with Gasteiger partial charge in [0.1, 0.15) is 0 Å². The highest BCUT2D eigenvalue weighted by Gasteiger charge is 2.15. The summed E-state index contributed by atoms with van der Waals surface area (Å²) in [4.78, 5) is 0. The van der Waals surface area contributed by atoms with E-state index in [1.54, 1.807) is 4.68 Å². The molecule has 24 heavy (non-hydrogen) atoms. The van der Waals surface area contributed by atoms with Crippen molar-refractivity contribution in [1.29, 1.82) is 0 Å². The Hall–Kier alpha value is -1.76. The van der Waals surface area contributed by atoms with Gasteiger partial charge in [0.15, 0.2) is 5.82 Å². The molecule has 3 rings (SSSR count). The van der Waals surface area contributed by atoms with Crippen molar-refractivity contribution in [3.63, 3.8) is 0 Å². The summed E-state index contributed by atoms with van der Waals surface area (Å²) in [5.41, 5.74) is 3.10. The molecule has 2 aromatic rings. The summed E-state index contributed by atoms with van der Waals surface area (Å²) in [5.74, 6) is 1.74. The summed E-state index contributed by atoms with van der Waals surface area (Å²) < 4.78 is 4.17. The van der Waals surface area contributed by atoms with Crippen molar-refractivity contribution in [3.8, 4) is 0 Å². The van der Waals surface area contributed by atoms with E-state index in [0.717, 1.165) is 35.1 Å². The van der Waals surface area contributed by atoms with Gasteiger partial charge in [0.25, 0.3) is 0 Å². The van der Waals surface area contributed by atoms with Gasteiger partial charge in [0.05, 0.1) is 11.9 Å². The second-order valence-corrected chi connectivity index (χ2v) is 7.14. The molecule has 0 unspecified atom stereocenters. The largest absolute Gasteiger partial charge is 0.272 e. The predicted molar refractivity (Wildman–Crippen MR) is 98.0 cm³/mol. The normalized spacial score (nSPS) is 16.3. The van der Waals surface area contributed by atoms with E-state index < -0.39 is 0 Å². The standard InChI is InChI=1S/C17H26N6S/c1-12-15(13(2)22(3)21-12)11-18-23-16(19-20-17(23)24)10-9-14-7-5-4-6-8-14/h11,14H,4-10H2,1-3H3,(H,20,24). The van der Waals surface area contributed by atoms with Gasteiger partial charge in [-0.25, -0.2) is 0 Å². The Bertz CT molecular complexity index is 776. The van der Waals surface area contributed by atoms with Gasteiger partial charge < -0.3 is 0 Å². The highest BCUT2D eigenvalue weighted by atomic mass is 32.1. The first-order chi connectivity index (χ1) is 11.6. The van der Waals surface area contributed by atoms with Gasteiger partial charge in [-0.05, 0) is 38.4 Å². The lowest BCUT2D eigenvalue weighted by Crippen LogP contribution is -2.09. The molecule has 2 aromatic heterocycles. The topological polar surface area (TPSA) is 63.8 Å². The number of aromatic nitrogens is 5.